The molecule has 124 valence electrons. The highest BCUT2D eigenvalue weighted by atomic mass is 32.2. The molecule has 6 nitrogen and oxygen atoms in total. The number of para-hydroxylation sites is 1. The first-order valence-corrected chi connectivity index (χ1v) is 8.62. The van der Waals surface area contributed by atoms with E-state index in [4.69, 9.17) is 9.15 Å². The summed E-state index contributed by atoms with van der Waals surface area (Å²) in [7, 11) is 0. The second-order valence-corrected chi connectivity index (χ2v) is 5.77. The normalized spacial score (nSPS) is 10.5. The Kier molecular flexibility index (Phi) is 6.93. The summed E-state index contributed by atoms with van der Waals surface area (Å²) in [6, 6.07) is 9.46. The van der Waals surface area contributed by atoms with Crippen LogP contribution in [0.3, 0.4) is 0 Å². The van der Waals surface area contributed by atoms with E-state index in [2.05, 4.69) is 10.2 Å². The van der Waals surface area contributed by atoms with Gasteiger partial charge in [0.1, 0.15) is 5.75 Å². The molecule has 0 N–H and O–H groups in total. The van der Waals surface area contributed by atoms with Gasteiger partial charge in [-0.2, -0.15) is 0 Å². The number of benzene rings is 1. The van der Waals surface area contributed by atoms with Crippen molar-refractivity contribution in [1.82, 2.24) is 15.1 Å². The van der Waals surface area contributed by atoms with Crippen molar-refractivity contribution < 1.29 is 13.9 Å². The summed E-state index contributed by atoms with van der Waals surface area (Å²) in [5.41, 5.74) is 0. The quantitative estimate of drug-likeness (QED) is 0.656. The molecule has 0 bridgehead atoms. The third-order valence-electron chi connectivity index (χ3n) is 3.21. The number of hydrogen-bond acceptors (Lipinski definition) is 6. The predicted octanol–water partition coefficient (Wildman–Crippen LogP) is 3.00. The van der Waals surface area contributed by atoms with Gasteiger partial charge in [-0.3, -0.25) is 4.79 Å². The van der Waals surface area contributed by atoms with Gasteiger partial charge in [-0.25, -0.2) is 0 Å². The molecule has 0 aliphatic carbocycles. The van der Waals surface area contributed by atoms with Crippen LogP contribution in [0.4, 0.5) is 0 Å². The predicted molar refractivity (Wildman–Crippen MR) is 88.3 cm³/mol. The molecule has 0 aliphatic rings. The highest BCUT2D eigenvalue weighted by molar-refractivity contribution is 7.99. The van der Waals surface area contributed by atoms with Gasteiger partial charge >= 0.3 is 0 Å². The molecule has 1 aromatic heterocycles. The maximum atomic E-state index is 11.9. The molecule has 0 unspecified atom stereocenters. The number of aromatic nitrogens is 2. The number of amides is 1. The van der Waals surface area contributed by atoms with Crippen molar-refractivity contribution in [2.75, 3.05) is 18.8 Å². The van der Waals surface area contributed by atoms with E-state index in [1.165, 1.54) is 11.8 Å². The molecule has 1 heterocycles. The minimum absolute atomic E-state index is 0.148. The van der Waals surface area contributed by atoms with Gasteiger partial charge in [0, 0.05) is 25.3 Å². The van der Waals surface area contributed by atoms with Gasteiger partial charge in [-0.05, 0) is 26.0 Å². The lowest BCUT2D eigenvalue weighted by atomic mass is 10.3. The largest absolute Gasteiger partial charge is 0.484 e. The third kappa shape index (κ3) is 5.59. The molecular weight excluding hydrogens is 314 g/mol. The summed E-state index contributed by atoms with van der Waals surface area (Å²) < 4.78 is 11.0. The van der Waals surface area contributed by atoms with E-state index in [0.717, 1.165) is 18.8 Å². The Morgan fingerprint density at radius 2 is 1.96 bits per heavy atom. The second kappa shape index (κ2) is 9.19. The van der Waals surface area contributed by atoms with Crippen molar-refractivity contribution in [2.45, 2.75) is 32.1 Å². The molecule has 2 aromatic rings. The number of rotatable bonds is 9. The lowest BCUT2D eigenvalue weighted by molar-refractivity contribution is -0.130. The van der Waals surface area contributed by atoms with Crippen LogP contribution in [0, 0.1) is 0 Å². The number of nitrogens with zero attached hydrogens (tertiary/aromatic N) is 3. The van der Waals surface area contributed by atoms with E-state index in [1.54, 1.807) is 0 Å². The third-order valence-corrected chi connectivity index (χ3v) is 4.03. The Bertz CT molecular complexity index is 600. The molecular formula is C16H21N3O3S. The standard InChI is InChI=1S/C16H21N3O3S/c1-3-19(4-2)15(20)10-11-23-16-18-17-14(22-16)12-21-13-8-6-5-7-9-13/h5-9H,3-4,10-12H2,1-2H3. The van der Waals surface area contributed by atoms with E-state index in [-0.39, 0.29) is 12.5 Å². The van der Waals surface area contributed by atoms with E-state index < -0.39 is 0 Å². The van der Waals surface area contributed by atoms with Crippen LogP contribution in [0.25, 0.3) is 0 Å². The van der Waals surface area contributed by atoms with Crippen molar-refractivity contribution >= 4 is 17.7 Å². The van der Waals surface area contributed by atoms with Crippen LogP contribution in [0.1, 0.15) is 26.2 Å². The molecule has 0 fully saturated rings. The van der Waals surface area contributed by atoms with E-state index in [0.29, 0.717) is 23.3 Å². The Morgan fingerprint density at radius 3 is 2.65 bits per heavy atom. The molecule has 1 aromatic carbocycles. The zero-order chi connectivity index (χ0) is 16.5. The summed E-state index contributed by atoms with van der Waals surface area (Å²) in [6.07, 6.45) is 0.463. The van der Waals surface area contributed by atoms with Crippen molar-refractivity contribution in [2.24, 2.45) is 0 Å². The molecule has 0 aliphatic heterocycles. The zero-order valence-corrected chi connectivity index (χ0v) is 14.2. The number of thioether (sulfide) groups is 1. The topological polar surface area (TPSA) is 68.5 Å². The van der Waals surface area contributed by atoms with E-state index in [1.807, 2.05) is 49.1 Å². The summed E-state index contributed by atoms with van der Waals surface area (Å²) in [6.45, 7) is 5.66. The maximum Gasteiger partial charge on any atom is 0.276 e. The van der Waals surface area contributed by atoms with Crippen molar-refractivity contribution in [1.29, 1.82) is 0 Å². The van der Waals surface area contributed by atoms with E-state index in [9.17, 15) is 4.79 Å². The van der Waals surface area contributed by atoms with Crippen LogP contribution in [0.15, 0.2) is 40.0 Å². The first kappa shape index (κ1) is 17.3. The van der Waals surface area contributed by atoms with Gasteiger partial charge in [-0.15, -0.1) is 10.2 Å². The highest BCUT2D eigenvalue weighted by Gasteiger charge is 2.11. The summed E-state index contributed by atoms with van der Waals surface area (Å²) in [4.78, 5) is 13.7. The molecule has 0 spiro atoms. The molecule has 0 radical (unpaired) electrons. The first-order chi connectivity index (χ1) is 11.2. The van der Waals surface area contributed by atoms with Crippen LogP contribution in [0.5, 0.6) is 5.75 Å². The van der Waals surface area contributed by atoms with Crippen molar-refractivity contribution in [3.05, 3.63) is 36.2 Å². The minimum atomic E-state index is 0.148. The van der Waals surface area contributed by atoms with Gasteiger partial charge in [0.05, 0.1) is 0 Å². The lowest BCUT2D eigenvalue weighted by Crippen LogP contribution is -2.30. The van der Waals surface area contributed by atoms with E-state index >= 15 is 0 Å². The van der Waals surface area contributed by atoms with Gasteiger partial charge in [-0.1, -0.05) is 30.0 Å². The SMILES string of the molecule is CCN(CC)C(=O)CCSc1nnc(COc2ccccc2)o1. The number of hydrogen-bond donors (Lipinski definition) is 0. The average Bonchev–Trinajstić information content (AvgIpc) is 3.03. The zero-order valence-electron chi connectivity index (χ0n) is 13.4. The first-order valence-electron chi connectivity index (χ1n) is 7.63. The van der Waals surface area contributed by atoms with Crippen molar-refractivity contribution in [3.8, 4) is 5.75 Å². The Balaban J connectivity index is 1.73. The van der Waals surface area contributed by atoms with Crippen LogP contribution in [-0.2, 0) is 11.4 Å². The number of ether oxygens (including phenoxy) is 1. The van der Waals surface area contributed by atoms with Gasteiger partial charge in [0.2, 0.25) is 5.91 Å². The Labute approximate surface area is 140 Å². The highest BCUT2D eigenvalue weighted by Crippen LogP contribution is 2.18. The molecule has 0 atom stereocenters. The van der Waals surface area contributed by atoms with Crippen LogP contribution < -0.4 is 4.74 Å². The second-order valence-electron chi connectivity index (χ2n) is 4.73. The van der Waals surface area contributed by atoms with Crippen molar-refractivity contribution in [3.63, 3.8) is 0 Å². The minimum Gasteiger partial charge on any atom is -0.484 e. The average molecular weight is 335 g/mol. The molecule has 7 heteroatoms. The fraction of sp³-hybridized carbons (Fsp3) is 0.438. The summed E-state index contributed by atoms with van der Waals surface area (Å²) in [5.74, 6) is 1.95. The van der Waals surface area contributed by atoms with Gasteiger partial charge in [0.15, 0.2) is 6.61 Å². The smallest absolute Gasteiger partial charge is 0.276 e. The Morgan fingerprint density at radius 1 is 1.22 bits per heavy atom. The maximum absolute atomic E-state index is 11.9. The fourth-order valence-electron chi connectivity index (χ4n) is 1.98. The van der Waals surface area contributed by atoms with Gasteiger partial charge < -0.3 is 14.1 Å². The Hall–Kier alpha value is -2.02. The lowest BCUT2D eigenvalue weighted by Gasteiger charge is -2.17. The number of carbonyl (C=O) groups excluding carboxylic acids is 1. The van der Waals surface area contributed by atoms with Crippen LogP contribution >= 0.6 is 11.8 Å². The summed E-state index contributed by atoms with van der Waals surface area (Å²) >= 11 is 1.39. The van der Waals surface area contributed by atoms with Gasteiger partial charge in [0.25, 0.3) is 11.1 Å². The van der Waals surface area contributed by atoms with Crippen LogP contribution in [0.2, 0.25) is 0 Å². The monoisotopic (exact) mass is 335 g/mol. The summed E-state index contributed by atoms with van der Waals surface area (Å²) in [5, 5.41) is 8.35. The molecule has 23 heavy (non-hydrogen) atoms. The molecule has 0 saturated carbocycles. The fourth-order valence-corrected chi connectivity index (χ4v) is 2.68. The molecule has 0 saturated heterocycles. The molecule has 2 rings (SSSR count). The van der Waals surface area contributed by atoms with Crippen LogP contribution in [-0.4, -0.2) is 39.8 Å². The number of carbonyl (C=O) groups is 1. The molecule has 1 amide bonds.